The van der Waals surface area contributed by atoms with Crippen LogP contribution in [0.4, 0.5) is 9.93 Å². The van der Waals surface area contributed by atoms with Crippen LogP contribution in [0.15, 0.2) is 29.8 Å². The maximum absolute atomic E-state index is 12.1. The molecule has 8 heteroatoms. The lowest BCUT2D eigenvalue weighted by molar-refractivity contribution is 0.240. The summed E-state index contributed by atoms with van der Waals surface area (Å²) in [6.45, 7) is 2.03. The quantitative estimate of drug-likeness (QED) is 0.777. The number of thiazole rings is 1. The number of benzene rings is 1. The van der Waals surface area contributed by atoms with Crippen molar-refractivity contribution in [1.29, 1.82) is 0 Å². The van der Waals surface area contributed by atoms with Crippen molar-refractivity contribution in [1.82, 2.24) is 15.6 Å². The molecular weight excluding hydrogens is 352 g/mol. The Bertz CT molecular complexity index is 723. The Hall–Kier alpha value is -2.48. The van der Waals surface area contributed by atoms with Gasteiger partial charge in [0.25, 0.3) is 0 Å². The monoisotopic (exact) mass is 376 g/mol. The number of hydrogen-bond donors (Lipinski definition) is 2. The first-order valence-electron chi connectivity index (χ1n) is 8.60. The molecule has 1 atom stereocenters. The van der Waals surface area contributed by atoms with E-state index in [1.807, 2.05) is 29.8 Å². The molecule has 0 radical (unpaired) electrons. The molecule has 1 fully saturated rings. The minimum atomic E-state index is -0.175. The Labute approximate surface area is 157 Å². The van der Waals surface area contributed by atoms with E-state index >= 15 is 0 Å². The fraction of sp³-hybridized carbons (Fsp3) is 0.444. The van der Waals surface area contributed by atoms with Gasteiger partial charge in [0, 0.05) is 37.3 Å². The van der Waals surface area contributed by atoms with E-state index in [9.17, 15) is 4.79 Å². The number of rotatable bonds is 7. The van der Waals surface area contributed by atoms with E-state index in [0.717, 1.165) is 30.1 Å². The number of hydrogen-bond acceptors (Lipinski definition) is 6. The summed E-state index contributed by atoms with van der Waals surface area (Å²) in [4.78, 5) is 18.8. The van der Waals surface area contributed by atoms with Crippen LogP contribution >= 0.6 is 11.3 Å². The zero-order valence-electron chi connectivity index (χ0n) is 15.0. The van der Waals surface area contributed by atoms with E-state index in [2.05, 4.69) is 20.5 Å². The van der Waals surface area contributed by atoms with E-state index < -0.39 is 0 Å². The number of ether oxygens (including phenoxy) is 2. The van der Waals surface area contributed by atoms with Crippen LogP contribution in [0.25, 0.3) is 0 Å². The van der Waals surface area contributed by atoms with Gasteiger partial charge in [0.2, 0.25) is 0 Å². The number of nitrogens with one attached hydrogen (secondary N) is 2. The summed E-state index contributed by atoms with van der Waals surface area (Å²) < 4.78 is 10.5. The van der Waals surface area contributed by atoms with Gasteiger partial charge in [0.15, 0.2) is 16.6 Å². The van der Waals surface area contributed by atoms with Gasteiger partial charge in [-0.3, -0.25) is 0 Å². The second-order valence-corrected chi connectivity index (χ2v) is 6.93. The molecule has 3 rings (SSSR count). The Morgan fingerprint density at radius 3 is 2.88 bits per heavy atom. The van der Waals surface area contributed by atoms with Crippen molar-refractivity contribution in [2.45, 2.75) is 25.4 Å². The Balaban J connectivity index is 1.47. The number of amides is 2. The number of aromatic nitrogens is 1. The second-order valence-electron chi connectivity index (χ2n) is 6.06. The van der Waals surface area contributed by atoms with Crippen LogP contribution in [0.2, 0.25) is 0 Å². The molecule has 0 aliphatic carbocycles. The number of anilines is 1. The number of carbonyl (C=O) groups excluding carboxylic acids is 1. The van der Waals surface area contributed by atoms with Gasteiger partial charge in [-0.25, -0.2) is 9.78 Å². The van der Waals surface area contributed by atoms with E-state index in [1.165, 1.54) is 0 Å². The maximum atomic E-state index is 12.1. The summed E-state index contributed by atoms with van der Waals surface area (Å²) in [5.41, 5.74) is 0.947. The first-order chi connectivity index (χ1) is 12.7. The van der Waals surface area contributed by atoms with Gasteiger partial charge >= 0.3 is 6.03 Å². The fourth-order valence-corrected chi connectivity index (χ4v) is 3.84. The highest BCUT2D eigenvalue weighted by atomic mass is 32.1. The van der Waals surface area contributed by atoms with Gasteiger partial charge in [-0.2, -0.15) is 0 Å². The van der Waals surface area contributed by atoms with Crippen molar-refractivity contribution in [2.75, 3.05) is 32.2 Å². The van der Waals surface area contributed by atoms with E-state index in [4.69, 9.17) is 9.47 Å². The van der Waals surface area contributed by atoms with Crippen LogP contribution in [0.3, 0.4) is 0 Å². The molecule has 2 heterocycles. The minimum absolute atomic E-state index is 0.175. The number of nitrogens with zero attached hydrogens (tertiary/aromatic N) is 2. The van der Waals surface area contributed by atoms with Gasteiger partial charge in [-0.15, -0.1) is 11.3 Å². The SMILES string of the molecule is COc1ccc(CNC(=O)NCC2CCCN2c2nccs2)cc1OC. The highest BCUT2D eigenvalue weighted by Crippen LogP contribution is 2.28. The van der Waals surface area contributed by atoms with Crippen molar-refractivity contribution in [3.63, 3.8) is 0 Å². The molecule has 2 amide bonds. The van der Waals surface area contributed by atoms with Gasteiger partial charge < -0.3 is 25.0 Å². The van der Waals surface area contributed by atoms with Crippen molar-refractivity contribution >= 4 is 22.5 Å². The lowest BCUT2D eigenvalue weighted by Crippen LogP contribution is -2.43. The van der Waals surface area contributed by atoms with Gasteiger partial charge in [-0.05, 0) is 30.5 Å². The normalized spacial score (nSPS) is 16.4. The number of carbonyl (C=O) groups is 1. The average Bonchev–Trinajstić information content (AvgIpc) is 3.35. The van der Waals surface area contributed by atoms with E-state index in [1.54, 1.807) is 25.6 Å². The summed E-state index contributed by atoms with van der Waals surface area (Å²) in [6, 6.07) is 5.72. The molecule has 0 bridgehead atoms. The van der Waals surface area contributed by atoms with Crippen LogP contribution in [-0.4, -0.2) is 44.4 Å². The van der Waals surface area contributed by atoms with Crippen molar-refractivity contribution < 1.29 is 14.3 Å². The van der Waals surface area contributed by atoms with Crippen molar-refractivity contribution in [3.8, 4) is 11.5 Å². The molecule has 1 aliphatic heterocycles. The molecule has 2 N–H and O–H groups in total. The van der Waals surface area contributed by atoms with Crippen molar-refractivity contribution in [2.24, 2.45) is 0 Å². The molecule has 1 saturated heterocycles. The summed E-state index contributed by atoms with van der Waals surface area (Å²) in [7, 11) is 3.19. The van der Waals surface area contributed by atoms with Crippen LogP contribution in [0, 0.1) is 0 Å². The molecule has 0 spiro atoms. The molecule has 2 aromatic rings. The first-order valence-corrected chi connectivity index (χ1v) is 9.48. The standard InChI is InChI=1S/C18H24N4O3S/c1-24-15-6-5-13(10-16(15)25-2)11-20-17(23)21-12-14-4-3-8-22(14)18-19-7-9-26-18/h5-7,9-10,14H,3-4,8,11-12H2,1-2H3,(H2,20,21,23). The molecule has 0 saturated carbocycles. The predicted molar refractivity (Wildman–Crippen MR) is 102 cm³/mol. The molecule has 26 heavy (non-hydrogen) atoms. The maximum Gasteiger partial charge on any atom is 0.315 e. The highest BCUT2D eigenvalue weighted by molar-refractivity contribution is 7.13. The van der Waals surface area contributed by atoms with Crippen LogP contribution in [0.1, 0.15) is 18.4 Å². The molecule has 1 aliphatic rings. The summed E-state index contributed by atoms with van der Waals surface area (Å²) in [5.74, 6) is 1.32. The minimum Gasteiger partial charge on any atom is -0.493 e. The summed E-state index contributed by atoms with van der Waals surface area (Å²) >= 11 is 1.64. The third-order valence-corrected chi connectivity index (χ3v) is 5.25. The molecule has 140 valence electrons. The zero-order chi connectivity index (χ0) is 18.4. The summed E-state index contributed by atoms with van der Waals surface area (Å²) in [5, 5.41) is 8.86. The zero-order valence-corrected chi connectivity index (χ0v) is 15.8. The Kier molecular flexibility index (Phi) is 6.17. The second kappa shape index (κ2) is 8.75. The van der Waals surface area contributed by atoms with E-state index in [0.29, 0.717) is 30.6 Å². The van der Waals surface area contributed by atoms with Gasteiger partial charge in [0.05, 0.1) is 14.2 Å². The average molecular weight is 376 g/mol. The third-order valence-electron chi connectivity index (χ3n) is 4.44. The van der Waals surface area contributed by atoms with Crippen LogP contribution in [0.5, 0.6) is 11.5 Å². The Morgan fingerprint density at radius 1 is 1.31 bits per heavy atom. The lowest BCUT2D eigenvalue weighted by Gasteiger charge is -2.24. The number of urea groups is 1. The largest absolute Gasteiger partial charge is 0.493 e. The lowest BCUT2D eigenvalue weighted by atomic mass is 10.2. The molecule has 7 nitrogen and oxygen atoms in total. The Morgan fingerprint density at radius 2 is 2.15 bits per heavy atom. The van der Waals surface area contributed by atoms with Crippen LogP contribution < -0.4 is 25.0 Å². The van der Waals surface area contributed by atoms with Crippen LogP contribution in [-0.2, 0) is 6.54 Å². The molecular formula is C18H24N4O3S. The van der Waals surface area contributed by atoms with Crippen molar-refractivity contribution in [3.05, 3.63) is 35.3 Å². The summed E-state index contributed by atoms with van der Waals surface area (Å²) in [6.07, 6.45) is 4.01. The predicted octanol–water partition coefficient (Wildman–Crippen LogP) is 2.63. The highest BCUT2D eigenvalue weighted by Gasteiger charge is 2.26. The van der Waals surface area contributed by atoms with E-state index in [-0.39, 0.29) is 6.03 Å². The molecule has 1 aromatic heterocycles. The third kappa shape index (κ3) is 4.37. The number of methoxy groups -OCH3 is 2. The fourth-order valence-electron chi connectivity index (χ4n) is 3.10. The first kappa shape index (κ1) is 18.3. The molecule has 1 aromatic carbocycles. The van der Waals surface area contributed by atoms with Gasteiger partial charge in [0.1, 0.15) is 0 Å². The smallest absolute Gasteiger partial charge is 0.315 e. The molecule has 1 unspecified atom stereocenters. The van der Waals surface area contributed by atoms with Gasteiger partial charge in [-0.1, -0.05) is 6.07 Å². The topological polar surface area (TPSA) is 75.7 Å².